The minimum atomic E-state index is -4.09. The summed E-state index contributed by atoms with van der Waals surface area (Å²) in [7, 11) is -4.09. The first-order chi connectivity index (χ1) is 9.26. The molecule has 2 N–H and O–H groups in total. The summed E-state index contributed by atoms with van der Waals surface area (Å²) in [5.74, 6) is -0.734. The van der Waals surface area contributed by atoms with Crippen molar-refractivity contribution in [3.8, 4) is 0 Å². The molecule has 6 heteroatoms. The van der Waals surface area contributed by atoms with Gasteiger partial charge in [-0.15, -0.1) is 0 Å². The summed E-state index contributed by atoms with van der Waals surface area (Å²) in [6.07, 6.45) is 1.18. The minimum Gasteiger partial charge on any atom is -0.341 e. The second-order valence-corrected chi connectivity index (χ2v) is 6.64. The van der Waals surface area contributed by atoms with Gasteiger partial charge in [-0.2, -0.15) is 8.42 Å². The van der Waals surface area contributed by atoms with Crippen LogP contribution in [0.1, 0.15) is 32.8 Å². The van der Waals surface area contributed by atoms with Crippen LogP contribution in [-0.4, -0.2) is 20.4 Å². The fourth-order valence-corrected chi connectivity index (χ4v) is 2.62. The summed E-state index contributed by atoms with van der Waals surface area (Å²) >= 11 is 0. The lowest BCUT2D eigenvalue weighted by molar-refractivity contribution is -0.135. The smallest absolute Gasteiger partial charge is 0.341 e. The Bertz CT molecular complexity index is 549. The van der Waals surface area contributed by atoms with Crippen LogP contribution < -0.4 is 5.73 Å². The lowest BCUT2D eigenvalue weighted by atomic mass is 10.1. The second-order valence-electron chi connectivity index (χ2n) is 5.09. The predicted octanol–water partition coefficient (Wildman–Crippen LogP) is 1.85. The van der Waals surface area contributed by atoms with E-state index in [1.165, 1.54) is 12.1 Å². The van der Waals surface area contributed by atoms with Crippen molar-refractivity contribution in [3.63, 3.8) is 0 Å². The van der Waals surface area contributed by atoms with Gasteiger partial charge in [0.2, 0.25) is 0 Å². The van der Waals surface area contributed by atoms with Gasteiger partial charge in [-0.05, 0) is 36.5 Å². The van der Waals surface area contributed by atoms with Gasteiger partial charge in [0, 0.05) is 0 Å². The molecule has 0 unspecified atom stereocenters. The molecule has 0 amide bonds. The third-order valence-corrected chi connectivity index (χ3v) is 4.07. The first-order valence-corrected chi connectivity index (χ1v) is 8.00. The van der Waals surface area contributed by atoms with Crippen molar-refractivity contribution in [1.29, 1.82) is 0 Å². The van der Waals surface area contributed by atoms with Gasteiger partial charge in [-0.3, -0.25) is 0 Å². The van der Waals surface area contributed by atoms with Gasteiger partial charge in [0.15, 0.2) is 0 Å². The number of aryl methyl sites for hydroxylation is 1. The molecule has 0 saturated carbocycles. The topological polar surface area (TPSA) is 86.5 Å². The molecule has 0 saturated heterocycles. The zero-order chi connectivity index (χ0) is 15.3. The van der Waals surface area contributed by atoms with Crippen molar-refractivity contribution in [2.45, 2.75) is 44.6 Å². The Labute approximate surface area is 120 Å². The van der Waals surface area contributed by atoms with Crippen LogP contribution in [0, 0.1) is 5.92 Å². The van der Waals surface area contributed by atoms with Crippen molar-refractivity contribution >= 4 is 16.1 Å². The highest BCUT2D eigenvalue weighted by molar-refractivity contribution is 7.87. The molecule has 1 rings (SSSR count). The van der Waals surface area contributed by atoms with Crippen molar-refractivity contribution in [1.82, 2.24) is 0 Å². The Morgan fingerprint density at radius 1 is 1.25 bits per heavy atom. The Morgan fingerprint density at radius 3 is 2.25 bits per heavy atom. The molecule has 0 spiro atoms. The zero-order valence-electron chi connectivity index (χ0n) is 12.0. The van der Waals surface area contributed by atoms with E-state index in [1.807, 2.05) is 20.8 Å². The number of carbonyl (C=O) groups excluding carboxylic acids is 1. The highest BCUT2D eigenvalue weighted by Gasteiger charge is 2.25. The molecule has 0 radical (unpaired) electrons. The molecule has 0 aliphatic carbocycles. The van der Waals surface area contributed by atoms with E-state index < -0.39 is 22.1 Å². The summed E-state index contributed by atoms with van der Waals surface area (Å²) < 4.78 is 28.4. The quantitative estimate of drug-likeness (QED) is 0.810. The maximum atomic E-state index is 11.9. The van der Waals surface area contributed by atoms with Gasteiger partial charge in [0.25, 0.3) is 0 Å². The van der Waals surface area contributed by atoms with Crippen molar-refractivity contribution in [2.24, 2.45) is 11.7 Å². The summed E-state index contributed by atoms with van der Waals surface area (Å²) in [5, 5.41) is 0. The van der Waals surface area contributed by atoms with Crippen molar-refractivity contribution < 1.29 is 17.4 Å². The Kier molecular flexibility index (Phi) is 5.71. The number of rotatable bonds is 6. The molecule has 1 atom stereocenters. The van der Waals surface area contributed by atoms with Crippen molar-refractivity contribution in [2.75, 3.05) is 0 Å². The van der Waals surface area contributed by atoms with E-state index in [-0.39, 0.29) is 10.8 Å². The monoisotopic (exact) mass is 299 g/mol. The first kappa shape index (κ1) is 16.7. The molecule has 5 nitrogen and oxygen atoms in total. The number of carbonyl (C=O) groups is 1. The van der Waals surface area contributed by atoms with Crippen LogP contribution >= 0.6 is 0 Å². The zero-order valence-corrected chi connectivity index (χ0v) is 12.8. The maximum Gasteiger partial charge on any atom is 0.341 e. The van der Waals surface area contributed by atoms with E-state index in [4.69, 9.17) is 5.73 Å². The van der Waals surface area contributed by atoms with Gasteiger partial charge in [-0.25, -0.2) is 4.79 Å². The average molecular weight is 299 g/mol. The van der Waals surface area contributed by atoms with E-state index >= 15 is 0 Å². The van der Waals surface area contributed by atoms with Crippen LogP contribution in [0.15, 0.2) is 29.2 Å². The first-order valence-electron chi connectivity index (χ1n) is 6.59. The fraction of sp³-hybridized carbons (Fsp3) is 0.500. The largest absolute Gasteiger partial charge is 0.341 e. The molecule has 0 aliphatic heterocycles. The highest BCUT2D eigenvalue weighted by Crippen LogP contribution is 2.15. The Morgan fingerprint density at radius 2 is 1.80 bits per heavy atom. The summed E-state index contributed by atoms with van der Waals surface area (Å²) in [6.45, 7) is 5.75. The van der Waals surface area contributed by atoms with E-state index in [0.717, 1.165) is 12.0 Å². The molecular formula is C14H21NO4S. The SMILES string of the molecule is CCc1ccc(S(=O)(=O)OC(=O)[C@@H](N)CC(C)C)cc1. The predicted molar refractivity (Wildman–Crippen MR) is 76.5 cm³/mol. The van der Waals surface area contributed by atoms with Crippen LogP contribution in [-0.2, 0) is 25.5 Å². The van der Waals surface area contributed by atoms with Crippen LogP contribution in [0.5, 0.6) is 0 Å². The average Bonchev–Trinajstić information content (AvgIpc) is 2.37. The fourth-order valence-electron chi connectivity index (χ4n) is 1.71. The van der Waals surface area contributed by atoms with Crippen molar-refractivity contribution in [3.05, 3.63) is 29.8 Å². The molecule has 0 heterocycles. The normalized spacial score (nSPS) is 13.2. The molecule has 20 heavy (non-hydrogen) atoms. The number of hydrogen-bond acceptors (Lipinski definition) is 5. The molecule has 0 fully saturated rings. The Balaban J connectivity index is 2.81. The van der Waals surface area contributed by atoms with Crippen LogP contribution in [0.3, 0.4) is 0 Å². The molecule has 0 bridgehead atoms. The third-order valence-electron chi connectivity index (χ3n) is 2.84. The lowest BCUT2D eigenvalue weighted by Gasteiger charge is -2.13. The molecular weight excluding hydrogens is 278 g/mol. The molecule has 0 aromatic heterocycles. The summed E-state index contributed by atoms with van der Waals surface area (Å²) in [5.41, 5.74) is 6.62. The van der Waals surface area contributed by atoms with Crippen LogP contribution in [0.4, 0.5) is 0 Å². The standard InChI is InChI=1S/C14H21NO4S/c1-4-11-5-7-12(8-6-11)20(17,18)19-14(16)13(15)9-10(2)3/h5-8,10,13H,4,9,15H2,1-3H3/t13-/m0/s1. The van der Waals surface area contributed by atoms with E-state index in [9.17, 15) is 13.2 Å². The van der Waals surface area contributed by atoms with Gasteiger partial charge >= 0.3 is 16.1 Å². The van der Waals surface area contributed by atoms with Gasteiger partial charge in [-0.1, -0.05) is 32.9 Å². The molecule has 112 valence electrons. The number of nitrogens with two attached hydrogens (primary N) is 1. The maximum absolute atomic E-state index is 11.9. The number of benzene rings is 1. The van der Waals surface area contributed by atoms with Gasteiger partial charge in [0.1, 0.15) is 10.9 Å². The molecule has 1 aromatic carbocycles. The highest BCUT2D eigenvalue weighted by atomic mass is 32.2. The molecule has 0 aliphatic rings. The minimum absolute atomic E-state index is 0.0419. The van der Waals surface area contributed by atoms with E-state index in [2.05, 4.69) is 4.18 Å². The molecule has 1 aromatic rings. The third kappa shape index (κ3) is 4.61. The van der Waals surface area contributed by atoms with E-state index in [0.29, 0.717) is 6.42 Å². The second kappa shape index (κ2) is 6.85. The van der Waals surface area contributed by atoms with Crippen LogP contribution in [0.25, 0.3) is 0 Å². The lowest BCUT2D eigenvalue weighted by Crippen LogP contribution is -2.35. The summed E-state index contributed by atoms with van der Waals surface area (Å²) in [4.78, 5) is 11.6. The number of hydrogen-bond donors (Lipinski definition) is 1. The van der Waals surface area contributed by atoms with E-state index in [1.54, 1.807) is 12.1 Å². The van der Waals surface area contributed by atoms with Crippen LogP contribution in [0.2, 0.25) is 0 Å². The van der Waals surface area contributed by atoms with Gasteiger partial charge < -0.3 is 9.92 Å². The van der Waals surface area contributed by atoms with Gasteiger partial charge in [0.05, 0.1) is 0 Å². The summed E-state index contributed by atoms with van der Waals surface area (Å²) in [6, 6.07) is 5.30. The Hall–Kier alpha value is -1.40.